The van der Waals surface area contributed by atoms with E-state index in [0.717, 1.165) is 6.42 Å². The van der Waals surface area contributed by atoms with Crippen LogP contribution in [0.25, 0.3) is 0 Å². The van der Waals surface area contributed by atoms with Crippen molar-refractivity contribution >= 4 is 5.97 Å². The van der Waals surface area contributed by atoms with E-state index in [2.05, 4.69) is 13.8 Å². The van der Waals surface area contributed by atoms with E-state index < -0.39 is 0 Å². The molecular weight excluding hydrogens is 164 g/mol. The minimum Gasteiger partial charge on any atom is -0.459 e. The lowest BCUT2D eigenvalue weighted by Crippen LogP contribution is -2.34. The predicted octanol–water partition coefficient (Wildman–Crippen LogP) is 2.37. The number of hydrogen-bond acceptors (Lipinski definition) is 2. The normalized spacial score (nSPS) is 47.5. The molecule has 1 aliphatic heterocycles. The van der Waals surface area contributed by atoms with E-state index in [1.54, 1.807) is 0 Å². The van der Waals surface area contributed by atoms with Gasteiger partial charge in [-0.3, -0.25) is 4.79 Å². The molecule has 74 valence electrons. The molecule has 2 nitrogen and oxygen atoms in total. The zero-order valence-corrected chi connectivity index (χ0v) is 8.89. The molecule has 1 aliphatic carbocycles. The lowest BCUT2D eigenvalue weighted by atomic mass is 9.71. The van der Waals surface area contributed by atoms with Crippen LogP contribution in [0.5, 0.6) is 0 Å². The van der Waals surface area contributed by atoms with Crippen LogP contribution in [-0.4, -0.2) is 11.6 Å². The number of carbonyl (C=O) groups is 1. The summed E-state index contributed by atoms with van der Waals surface area (Å²) < 4.78 is 5.45. The Balaban J connectivity index is 2.42. The summed E-state index contributed by atoms with van der Waals surface area (Å²) in [5.74, 6) is 0.918. The van der Waals surface area contributed by atoms with E-state index in [1.807, 2.05) is 13.8 Å². The second kappa shape index (κ2) is 2.28. The van der Waals surface area contributed by atoms with Crippen LogP contribution in [0, 0.1) is 17.3 Å². The number of fused-ring (bicyclic) bond motifs is 1. The Labute approximate surface area is 79.7 Å². The number of cyclic esters (lactones) is 1. The van der Waals surface area contributed by atoms with E-state index in [0.29, 0.717) is 11.8 Å². The molecule has 2 aliphatic rings. The highest BCUT2D eigenvalue weighted by atomic mass is 16.6. The molecule has 1 saturated heterocycles. The number of carbonyl (C=O) groups excluding carboxylic acids is 1. The molecule has 0 spiro atoms. The van der Waals surface area contributed by atoms with Gasteiger partial charge in [0, 0.05) is 5.92 Å². The van der Waals surface area contributed by atoms with Crippen LogP contribution in [-0.2, 0) is 9.53 Å². The summed E-state index contributed by atoms with van der Waals surface area (Å²) in [6.45, 7) is 8.33. The van der Waals surface area contributed by atoms with Crippen molar-refractivity contribution in [2.75, 3.05) is 0 Å². The average molecular weight is 182 g/mol. The van der Waals surface area contributed by atoms with Gasteiger partial charge >= 0.3 is 5.97 Å². The fourth-order valence-electron chi connectivity index (χ4n) is 3.19. The van der Waals surface area contributed by atoms with Gasteiger partial charge in [0.2, 0.25) is 0 Å². The Bertz CT molecular complexity index is 257. The molecule has 0 bridgehead atoms. The summed E-state index contributed by atoms with van der Waals surface area (Å²) in [5, 5.41) is 0. The van der Waals surface area contributed by atoms with Gasteiger partial charge in [-0.1, -0.05) is 6.92 Å². The molecule has 1 heterocycles. The fourth-order valence-corrected chi connectivity index (χ4v) is 3.19. The molecule has 0 amide bonds. The first kappa shape index (κ1) is 9.04. The highest BCUT2D eigenvalue weighted by Crippen LogP contribution is 2.58. The zero-order valence-electron chi connectivity index (χ0n) is 8.89. The van der Waals surface area contributed by atoms with Gasteiger partial charge in [0.15, 0.2) is 0 Å². The Kier molecular flexibility index (Phi) is 1.59. The van der Waals surface area contributed by atoms with Gasteiger partial charge in [0.1, 0.15) is 5.60 Å². The summed E-state index contributed by atoms with van der Waals surface area (Å²) in [5.41, 5.74) is -0.444. The molecule has 2 heteroatoms. The predicted molar refractivity (Wildman–Crippen MR) is 50.2 cm³/mol. The van der Waals surface area contributed by atoms with E-state index in [4.69, 9.17) is 4.74 Å². The maximum atomic E-state index is 11.8. The SMILES string of the molecule is C[C@@H]1CC[C@H]2C(C)(C)OC(=O)[C@@]12C. The average Bonchev–Trinajstić information content (AvgIpc) is 2.36. The van der Waals surface area contributed by atoms with Gasteiger partial charge in [-0.15, -0.1) is 0 Å². The third-order valence-corrected chi connectivity index (χ3v) is 4.27. The molecule has 0 aromatic rings. The van der Waals surface area contributed by atoms with Crippen molar-refractivity contribution < 1.29 is 9.53 Å². The van der Waals surface area contributed by atoms with Crippen LogP contribution < -0.4 is 0 Å². The fraction of sp³-hybridized carbons (Fsp3) is 0.909. The van der Waals surface area contributed by atoms with Gasteiger partial charge in [-0.25, -0.2) is 0 Å². The van der Waals surface area contributed by atoms with E-state index in [1.165, 1.54) is 6.42 Å². The first-order chi connectivity index (χ1) is 5.89. The van der Waals surface area contributed by atoms with Crippen LogP contribution in [0.1, 0.15) is 40.5 Å². The number of hydrogen-bond donors (Lipinski definition) is 0. The topological polar surface area (TPSA) is 26.3 Å². The van der Waals surface area contributed by atoms with Gasteiger partial charge in [-0.05, 0) is 39.5 Å². The van der Waals surface area contributed by atoms with Crippen molar-refractivity contribution in [3.8, 4) is 0 Å². The second-order valence-corrected chi connectivity index (χ2v) is 5.31. The summed E-state index contributed by atoms with van der Waals surface area (Å²) in [6, 6.07) is 0. The number of esters is 1. The smallest absolute Gasteiger partial charge is 0.313 e. The Morgan fingerprint density at radius 1 is 1.31 bits per heavy atom. The van der Waals surface area contributed by atoms with Crippen molar-refractivity contribution in [2.45, 2.75) is 46.1 Å². The summed E-state index contributed by atoms with van der Waals surface area (Å²) in [7, 11) is 0. The van der Waals surface area contributed by atoms with Crippen LogP contribution >= 0.6 is 0 Å². The van der Waals surface area contributed by atoms with Crippen molar-refractivity contribution in [3.05, 3.63) is 0 Å². The van der Waals surface area contributed by atoms with E-state index in [-0.39, 0.29) is 17.0 Å². The van der Waals surface area contributed by atoms with Gasteiger partial charge in [0.05, 0.1) is 5.41 Å². The number of rotatable bonds is 0. The van der Waals surface area contributed by atoms with Crippen molar-refractivity contribution in [3.63, 3.8) is 0 Å². The molecule has 1 saturated carbocycles. The number of ether oxygens (including phenoxy) is 1. The summed E-state index contributed by atoms with van der Waals surface area (Å²) >= 11 is 0. The zero-order chi connectivity index (χ0) is 9.85. The molecule has 3 atom stereocenters. The minimum atomic E-state index is -0.239. The van der Waals surface area contributed by atoms with Crippen LogP contribution in [0.15, 0.2) is 0 Å². The summed E-state index contributed by atoms with van der Waals surface area (Å²) in [6.07, 6.45) is 2.30. The highest BCUT2D eigenvalue weighted by molar-refractivity contribution is 5.80. The van der Waals surface area contributed by atoms with Crippen molar-refractivity contribution in [1.82, 2.24) is 0 Å². The Morgan fingerprint density at radius 3 is 2.46 bits per heavy atom. The largest absolute Gasteiger partial charge is 0.459 e. The molecule has 2 rings (SSSR count). The maximum absolute atomic E-state index is 11.8. The molecule has 13 heavy (non-hydrogen) atoms. The lowest BCUT2D eigenvalue weighted by Gasteiger charge is -2.27. The second-order valence-electron chi connectivity index (χ2n) is 5.31. The first-order valence-electron chi connectivity index (χ1n) is 5.12. The maximum Gasteiger partial charge on any atom is 0.313 e. The van der Waals surface area contributed by atoms with Gasteiger partial charge in [0.25, 0.3) is 0 Å². The molecule has 0 unspecified atom stereocenters. The third kappa shape index (κ3) is 0.918. The quantitative estimate of drug-likeness (QED) is 0.538. The van der Waals surface area contributed by atoms with E-state index >= 15 is 0 Å². The van der Waals surface area contributed by atoms with Crippen molar-refractivity contribution in [1.29, 1.82) is 0 Å². The lowest BCUT2D eigenvalue weighted by molar-refractivity contribution is -0.153. The van der Waals surface area contributed by atoms with Gasteiger partial charge < -0.3 is 4.74 Å². The minimum absolute atomic E-state index is 0.0208. The molecular formula is C11H18O2. The standard InChI is InChI=1S/C11H18O2/c1-7-5-6-8-10(2,3)13-9(12)11(7,8)4/h7-8H,5-6H2,1-4H3/t7-,8+,11+/m1/s1. The highest BCUT2D eigenvalue weighted by Gasteiger charge is 2.63. The molecule has 0 aromatic heterocycles. The van der Waals surface area contributed by atoms with Crippen molar-refractivity contribution in [2.24, 2.45) is 17.3 Å². The Morgan fingerprint density at radius 2 is 1.92 bits per heavy atom. The molecule has 0 aromatic carbocycles. The molecule has 2 fully saturated rings. The molecule has 0 N–H and O–H groups in total. The Hall–Kier alpha value is -0.530. The van der Waals surface area contributed by atoms with Gasteiger partial charge in [-0.2, -0.15) is 0 Å². The third-order valence-electron chi connectivity index (χ3n) is 4.27. The van der Waals surface area contributed by atoms with E-state index in [9.17, 15) is 4.79 Å². The molecule has 0 radical (unpaired) electrons. The summed E-state index contributed by atoms with van der Waals surface area (Å²) in [4.78, 5) is 11.8. The monoisotopic (exact) mass is 182 g/mol. The first-order valence-corrected chi connectivity index (χ1v) is 5.12. The van der Waals surface area contributed by atoms with Crippen LogP contribution in [0.2, 0.25) is 0 Å². The van der Waals surface area contributed by atoms with Crippen LogP contribution in [0.4, 0.5) is 0 Å². The van der Waals surface area contributed by atoms with Crippen LogP contribution in [0.3, 0.4) is 0 Å².